The first kappa shape index (κ1) is 12.6. The third-order valence-corrected chi connectivity index (χ3v) is 2.20. The van der Waals surface area contributed by atoms with Crippen LogP contribution in [-0.4, -0.2) is 17.0 Å². The predicted octanol–water partition coefficient (Wildman–Crippen LogP) is 2.14. The number of amides is 1. The van der Waals surface area contributed by atoms with Gasteiger partial charge in [-0.2, -0.15) is 0 Å². The number of carbonyl (C=O) groups is 2. The highest BCUT2D eigenvalue weighted by atomic mass is 79.9. The molecule has 0 unspecified atom stereocenters. The summed E-state index contributed by atoms with van der Waals surface area (Å²) >= 11 is 2.81. The van der Waals surface area contributed by atoms with Gasteiger partial charge in [0, 0.05) is 6.07 Å². The molecule has 0 spiro atoms. The van der Waals surface area contributed by atoms with Crippen LogP contribution in [0.5, 0.6) is 0 Å². The van der Waals surface area contributed by atoms with Crippen LogP contribution < -0.4 is 5.32 Å². The highest BCUT2D eigenvalue weighted by Crippen LogP contribution is 2.23. The topological polar surface area (TPSA) is 66.4 Å². The van der Waals surface area contributed by atoms with E-state index in [1.807, 2.05) is 5.32 Å². The molecular formula is C9H6BrF2NO3. The van der Waals surface area contributed by atoms with Crippen molar-refractivity contribution in [3.05, 3.63) is 28.2 Å². The summed E-state index contributed by atoms with van der Waals surface area (Å²) in [6, 6.07) is 1.60. The van der Waals surface area contributed by atoms with E-state index in [0.717, 1.165) is 6.07 Å². The van der Waals surface area contributed by atoms with Gasteiger partial charge >= 0.3 is 5.97 Å². The number of hydrogen-bond acceptors (Lipinski definition) is 2. The number of carboxylic acid groups (broad SMARTS) is 1. The molecule has 86 valence electrons. The van der Waals surface area contributed by atoms with Crippen LogP contribution in [0.2, 0.25) is 0 Å². The molecule has 0 atom stereocenters. The van der Waals surface area contributed by atoms with Crippen molar-refractivity contribution >= 4 is 33.5 Å². The average Bonchev–Trinajstić information content (AvgIpc) is 2.12. The summed E-state index contributed by atoms with van der Waals surface area (Å²) in [4.78, 5) is 21.2. The number of carboxylic acids is 1. The fourth-order valence-corrected chi connectivity index (χ4v) is 1.29. The van der Waals surface area contributed by atoms with E-state index in [1.165, 1.54) is 0 Å². The SMILES string of the molecule is O=C(O)CC(=O)Nc1cc(Br)c(F)cc1F. The van der Waals surface area contributed by atoms with E-state index in [0.29, 0.717) is 6.07 Å². The highest BCUT2D eigenvalue weighted by Gasteiger charge is 2.13. The number of carbonyl (C=O) groups excluding carboxylic acids is 1. The molecule has 2 N–H and O–H groups in total. The van der Waals surface area contributed by atoms with E-state index in [-0.39, 0.29) is 10.2 Å². The molecule has 4 nitrogen and oxygen atoms in total. The predicted molar refractivity (Wildman–Crippen MR) is 54.9 cm³/mol. The molecule has 0 aliphatic heterocycles. The summed E-state index contributed by atoms with van der Waals surface area (Å²) in [5.74, 6) is -4.00. The molecule has 0 aromatic heterocycles. The Morgan fingerprint density at radius 2 is 1.94 bits per heavy atom. The largest absolute Gasteiger partial charge is 0.481 e. The number of aliphatic carboxylic acids is 1. The van der Waals surface area contributed by atoms with Gasteiger partial charge in [-0.05, 0) is 22.0 Å². The fraction of sp³-hybridized carbons (Fsp3) is 0.111. The van der Waals surface area contributed by atoms with Crippen LogP contribution in [0.25, 0.3) is 0 Å². The van der Waals surface area contributed by atoms with Crippen LogP contribution in [0.15, 0.2) is 16.6 Å². The summed E-state index contributed by atoms with van der Waals surface area (Å²) in [6.45, 7) is 0. The lowest BCUT2D eigenvalue weighted by atomic mass is 10.3. The first-order valence-electron chi connectivity index (χ1n) is 4.06. The quantitative estimate of drug-likeness (QED) is 0.663. The van der Waals surface area contributed by atoms with Gasteiger partial charge in [-0.15, -0.1) is 0 Å². The summed E-state index contributed by atoms with van der Waals surface area (Å²) in [5.41, 5.74) is -0.278. The standard InChI is InChI=1S/C9H6BrF2NO3/c10-4-1-7(6(12)2-5(4)11)13-8(14)3-9(15)16/h1-2H,3H2,(H,13,14)(H,15,16). The highest BCUT2D eigenvalue weighted by molar-refractivity contribution is 9.10. The lowest BCUT2D eigenvalue weighted by Gasteiger charge is -2.06. The van der Waals surface area contributed by atoms with Gasteiger partial charge in [-0.25, -0.2) is 8.78 Å². The third kappa shape index (κ3) is 3.27. The van der Waals surface area contributed by atoms with Crippen LogP contribution in [0.3, 0.4) is 0 Å². The van der Waals surface area contributed by atoms with Crippen molar-refractivity contribution < 1.29 is 23.5 Å². The van der Waals surface area contributed by atoms with E-state index in [1.54, 1.807) is 0 Å². The first-order chi connectivity index (χ1) is 7.40. The summed E-state index contributed by atoms with van der Waals surface area (Å²) in [6.07, 6.45) is -0.783. The van der Waals surface area contributed by atoms with Crippen molar-refractivity contribution in [2.45, 2.75) is 6.42 Å². The molecule has 0 heterocycles. The van der Waals surface area contributed by atoms with Gasteiger partial charge in [0.05, 0.1) is 10.2 Å². The third-order valence-electron chi connectivity index (χ3n) is 1.60. The second-order valence-corrected chi connectivity index (χ2v) is 3.72. The van der Waals surface area contributed by atoms with Gasteiger partial charge < -0.3 is 10.4 Å². The molecule has 0 bridgehead atoms. The normalized spacial score (nSPS) is 9.94. The van der Waals surface area contributed by atoms with Gasteiger partial charge in [0.2, 0.25) is 5.91 Å². The number of anilines is 1. The van der Waals surface area contributed by atoms with Crippen LogP contribution in [-0.2, 0) is 9.59 Å². The smallest absolute Gasteiger partial charge is 0.312 e. The number of rotatable bonds is 3. The van der Waals surface area contributed by atoms with Gasteiger partial charge in [0.25, 0.3) is 0 Å². The maximum absolute atomic E-state index is 13.1. The minimum atomic E-state index is -1.33. The molecule has 0 aliphatic rings. The van der Waals surface area contributed by atoms with E-state index < -0.39 is 29.9 Å². The lowest BCUT2D eigenvalue weighted by Crippen LogP contribution is -2.16. The Morgan fingerprint density at radius 3 is 2.50 bits per heavy atom. The molecule has 0 radical (unpaired) electrons. The molecular weight excluding hydrogens is 288 g/mol. The molecule has 0 saturated heterocycles. The Hall–Kier alpha value is -1.50. The second kappa shape index (κ2) is 5.02. The molecule has 1 rings (SSSR count). The van der Waals surface area contributed by atoms with Crippen molar-refractivity contribution in [1.82, 2.24) is 0 Å². The Morgan fingerprint density at radius 1 is 1.31 bits per heavy atom. The fourth-order valence-electron chi connectivity index (χ4n) is 0.950. The van der Waals surface area contributed by atoms with Gasteiger partial charge in [-0.3, -0.25) is 9.59 Å². The number of benzene rings is 1. The molecule has 7 heteroatoms. The zero-order chi connectivity index (χ0) is 12.3. The Kier molecular flexibility index (Phi) is 3.94. The zero-order valence-electron chi connectivity index (χ0n) is 7.76. The summed E-state index contributed by atoms with van der Waals surface area (Å²) in [5, 5.41) is 10.3. The van der Waals surface area contributed by atoms with Crippen molar-refractivity contribution in [1.29, 1.82) is 0 Å². The molecule has 0 saturated carbocycles. The van der Waals surface area contributed by atoms with Crippen LogP contribution >= 0.6 is 15.9 Å². The van der Waals surface area contributed by atoms with Gasteiger partial charge in [-0.1, -0.05) is 0 Å². The Balaban J connectivity index is 2.85. The zero-order valence-corrected chi connectivity index (χ0v) is 9.35. The van der Waals surface area contributed by atoms with Crippen LogP contribution in [0.4, 0.5) is 14.5 Å². The molecule has 0 fully saturated rings. The minimum absolute atomic E-state index is 0.0282. The molecule has 16 heavy (non-hydrogen) atoms. The minimum Gasteiger partial charge on any atom is -0.481 e. The molecule has 0 aliphatic carbocycles. The van der Waals surface area contributed by atoms with Crippen molar-refractivity contribution in [2.75, 3.05) is 5.32 Å². The van der Waals surface area contributed by atoms with Crippen molar-refractivity contribution in [3.63, 3.8) is 0 Å². The lowest BCUT2D eigenvalue weighted by molar-refractivity contribution is -0.139. The van der Waals surface area contributed by atoms with Crippen molar-refractivity contribution in [2.24, 2.45) is 0 Å². The van der Waals surface area contributed by atoms with E-state index in [4.69, 9.17) is 5.11 Å². The maximum Gasteiger partial charge on any atom is 0.312 e. The van der Waals surface area contributed by atoms with Crippen LogP contribution in [0, 0.1) is 11.6 Å². The van der Waals surface area contributed by atoms with E-state index in [9.17, 15) is 18.4 Å². The number of halogens is 3. The summed E-state index contributed by atoms with van der Waals surface area (Å²) in [7, 11) is 0. The van der Waals surface area contributed by atoms with Crippen molar-refractivity contribution in [3.8, 4) is 0 Å². The Labute approximate surface area is 97.4 Å². The van der Waals surface area contributed by atoms with Gasteiger partial charge in [0.1, 0.15) is 18.1 Å². The monoisotopic (exact) mass is 293 g/mol. The summed E-state index contributed by atoms with van der Waals surface area (Å²) < 4.78 is 25.9. The molecule has 1 aromatic carbocycles. The van der Waals surface area contributed by atoms with Gasteiger partial charge in [0.15, 0.2) is 0 Å². The number of nitrogens with one attached hydrogen (secondary N) is 1. The number of hydrogen-bond donors (Lipinski definition) is 2. The maximum atomic E-state index is 13.1. The Bertz CT molecular complexity index is 451. The molecule has 1 aromatic rings. The van der Waals surface area contributed by atoms with E-state index >= 15 is 0 Å². The molecule has 1 amide bonds. The van der Waals surface area contributed by atoms with E-state index in [2.05, 4.69) is 15.9 Å². The van der Waals surface area contributed by atoms with Crippen LogP contribution in [0.1, 0.15) is 6.42 Å². The average molecular weight is 294 g/mol. The second-order valence-electron chi connectivity index (χ2n) is 2.86. The first-order valence-corrected chi connectivity index (χ1v) is 4.85.